The first kappa shape index (κ1) is 52.1. The van der Waals surface area contributed by atoms with E-state index >= 15 is 0 Å². The lowest BCUT2D eigenvalue weighted by Gasteiger charge is -2.36. The average Bonchev–Trinajstić information content (AvgIpc) is 3.64. The van der Waals surface area contributed by atoms with Crippen LogP contribution in [-0.4, -0.2) is 110 Å². The molecular weight excluding hydrogens is 887 g/mol. The first-order valence-electron chi connectivity index (χ1n) is 23.6. The molecule has 0 spiro atoms. The van der Waals surface area contributed by atoms with Crippen molar-refractivity contribution in [2.45, 2.75) is 115 Å². The van der Waals surface area contributed by atoms with Crippen LogP contribution in [0, 0.1) is 20.8 Å². The number of hydrogen-bond acceptors (Lipinski definition) is 10. The van der Waals surface area contributed by atoms with E-state index < -0.39 is 27.1 Å². The van der Waals surface area contributed by atoms with E-state index in [2.05, 4.69) is 52.9 Å². The van der Waals surface area contributed by atoms with Crippen LogP contribution in [0.25, 0.3) is 0 Å². The minimum atomic E-state index is -4.39. The summed E-state index contributed by atoms with van der Waals surface area (Å²) in [4.78, 5) is 26.2. The number of hydrogen-bond donors (Lipinski definition) is 4. The second-order valence-corrected chi connectivity index (χ2v) is 20.5. The van der Waals surface area contributed by atoms with E-state index in [4.69, 9.17) is 24.1 Å². The molecule has 0 aliphatic carbocycles. The van der Waals surface area contributed by atoms with Gasteiger partial charge >= 0.3 is 5.97 Å². The monoisotopic (exact) mass is 956 g/mol. The van der Waals surface area contributed by atoms with E-state index in [1.165, 1.54) is 11.6 Å². The molecule has 0 radical (unpaired) electrons. The number of allylic oxidation sites excluding steroid dienone is 6. The summed E-state index contributed by atoms with van der Waals surface area (Å²) in [6, 6.07) is 13.1. The van der Waals surface area contributed by atoms with Gasteiger partial charge in [-0.2, -0.15) is 13.0 Å². The molecule has 3 aliphatic rings. The van der Waals surface area contributed by atoms with Crippen molar-refractivity contribution in [2.75, 3.05) is 64.2 Å². The number of carboxylic acids is 1. The molecule has 3 heterocycles. The second kappa shape index (κ2) is 22.0. The number of para-hydroxylation sites is 1. The fourth-order valence-corrected chi connectivity index (χ4v) is 10.1. The van der Waals surface area contributed by atoms with Crippen molar-refractivity contribution in [1.29, 1.82) is 0 Å². The molecule has 3 aliphatic heterocycles. The summed E-state index contributed by atoms with van der Waals surface area (Å²) in [5, 5.41) is 22.5. The van der Waals surface area contributed by atoms with Crippen LogP contribution in [0.2, 0.25) is 0 Å². The third-order valence-corrected chi connectivity index (χ3v) is 14.5. The number of carboxylic acid groups (broad SMARTS) is 1. The number of anilines is 1. The van der Waals surface area contributed by atoms with Crippen LogP contribution in [-0.2, 0) is 51.2 Å². The van der Waals surface area contributed by atoms with Crippen molar-refractivity contribution in [3.63, 3.8) is 0 Å². The van der Waals surface area contributed by atoms with E-state index in [0.717, 1.165) is 63.4 Å². The van der Waals surface area contributed by atoms with Gasteiger partial charge in [0.15, 0.2) is 17.9 Å². The number of carbonyl (C=O) groups is 2. The highest BCUT2D eigenvalue weighted by atomic mass is 32.2. The molecule has 0 aromatic heterocycles. The lowest BCUT2D eigenvalue weighted by atomic mass is 9.81. The molecule has 4 N–H and O–H groups in total. The SMILES string of the molecule is Cc1c(C)c2c(c(C)c1O)CCC(C)(C(=O)NCCOCCOCCOCC[N+]1=C(C=CC=CC=C3N(CCCCCC(=O)O)c4ccc(S(=O)(=O)O)cc4C3(C)C)C(C)(C)c3ccccc31)O2. The van der Waals surface area contributed by atoms with Crippen molar-refractivity contribution in [1.82, 2.24) is 5.32 Å². The number of benzene rings is 3. The van der Waals surface area contributed by atoms with E-state index in [-0.39, 0.29) is 28.4 Å². The molecule has 14 nitrogen and oxygen atoms in total. The summed E-state index contributed by atoms with van der Waals surface area (Å²) in [7, 11) is -4.39. The molecule has 1 amide bonds. The number of fused-ring (bicyclic) bond motifs is 3. The normalized spacial score (nSPS) is 18.9. The number of ether oxygens (including phenoxy) is 4. The summed E-state index contributed by atoms with van der Waals surface area (Å²) in [5.41, 5.74) is 7.66. The van der Waals surface area contributed by atoms with Gasteiger partial charge < -0.3 is 39.4 Å². The Morgan fingerprint density at radius 2 is 1.53 bits per heavy atom. The highest BCUT2D eigenvalue weighted by Crippen LogP contribution is 2.49. The van der Waals surface area contributed by atoms with Crippen molar-refractivity contribution in [2.24, 2.45) is 0 Å². The summed E-state index contributed by atoms with van der Waals surface area (Å²) >= 11 is 0. The zero-order valence-corrected chi connectivity index (χ0v) is 41.8. The topological polar surface area (TPSA) is 184 Å². The number of aliphatic carboxylic acids is 1. The van der Waals surface area contributed by atoms with Gasteiger partial charge in [0.05, 0.1) is 43.3 Å². The van der Waals surface area contributed by atoms with Crippen molar-refractivity contribution in [3.05, 3.63) is 112 Å². The predicted molar refractivity (Wildman–Crippen MR) is 263 cm³/mol. The smallest absolute Gasteiger partial charge is 0.303 e. The van der Waals surface area contributed by atoms with Crippen LogP contribution in [0.3, 0.4) is 0 Å². The molecule has 0 bridgehead atoms. The number of nitrogens with one attached hydrogen (secondary N) is 1. The maximum Gasteiger partial charge on any atom is 0.303 e. The summed E-state index contributed by atoms with van der Waals surface area (Å²) in [6.07, 6.45) is 13.5. The zero-order valence-electron chi connectivity index (χ0n) is 40.9. The van der Waals surface area contributed by atoms with Crippen LogP contribution in [0.1, 0.15) is 100 Å². The summed E-state index contributed by atoms with van der Waals surface area (Å²) < 4.78 is 60.0. The molecule has 368 valence electrons. The number of aromatic hydroxyl groups is 1. The van der Waals surface area contributed by atoms with Crippen molar-refractivity contribution in [3.8, 4) is 11.5 Å². The molecule has 6 rings (SSSR count). The van der Waals surface area contributed by atoms with Crippen LogP contribution >= 0.6 is 0 Å². The van der Waals surface area contributed by atoms with Gasteiger partial charge in [0.2, 0.25) is 5.69 Å². The largest absolute Gasteiger partial charge is 0.507 e. The minimum Gasteiger partial charge on any atom is -0.507 e. The molecule has 0 saturated carbocycles. The molecule has 3 aromatic rings. The Bertz CT molecular complexity index is 2590. The first-order chi connectivity index (χ1) is 32.2. The molecule has 1 atom stereocenters. The maximum absolute atomic E-state index is 13.2. The van der Waals surface area contributed by atoms with Crippen LogP contribution in [0.5, 0.6) is 11.5 Å². The number of rotatable bonds is 23. The molecule has 3 aromatic carbocycles. The minimum absolute atomic E-state index is 0.115. The Kier molecular flexibility index (Phi) is 16.8. The number of carbonyl (C=O) groups excluding carboxylic acids is 1. The van der Waals surface area contributed by atoms with E-state index in [1.807, 2.05) is 65.0 Å². The summed E-state index contributed by atoms with van der Waals surface area (Å²) in [5.74, 6) is -0.0267. The predicted octanol–water partition coefficient (Wildman–Crippen LogP) is 8.33. The fourth-order valence-electron chi connectivity index (χ4n) is 9.55. The van der Waals surface area contributed by atoms with Crippen LogP contribution in [0.15, 0.2) is 83.4 Å². The Morgan fingerprint density at radius 3 is 2.24 bits per heavy atom. The number of phenols is 1. The van der Waals surface area contributed by atoms with Gasteiger partial charge in [0.25, 0.3) is 16.0 Å². The highest BCUT2D eigenvalue weighted by Gasteiger charge is 2.44. The van der Waals surface area contributed by atoms with Crippen LogP contribution in [0.4, 0.5) is 11.4 Å². The van der Waals surface area contributed by atoms with E-state index in [0.29, 0.717) is 84.3 Å². The molecule has 68 heavy (non-hydrogen) atoms. The number of nitrogens with zero attached hydrogens (tertiary/aromatic N) is 2. The van der Waals surface area contributed by atoms with Gasteiger partial charge in [-0.05, 0) is 107 Å². The highest BCUT2D eigenvalue weighted by molar-refractivity contribution is 7.85. The third-order valence-electron chi connectivity index (χ3n) is 13.7. The van der Waals surface area contributed by atoms with Gasteiger partial charge in [-0.25, -0.2) is 0 Å². The van der Waals surface area contributed by atoms with Gasteiger partial charge in [0, 0.05) is 66.0 Å². The van der Waals surface area contributed by atoms with Gasteiger partial charge in [-0.15, -0.1) is 0 Å². The number of phenolic OH excluding ortho intramolecular Hbond substituents is 1. The Labute approximate surface area is 402 Å². The summed E-state index contributed by atoms with van der Waals surface area (Å²) in [6.45, 7) is 20.0. The third kappa shape index (κ3) is 11.6. The zero-order chi connectivity index (χ0) is 49.4. The molecule has 1 unspecified atom stereocenters. The lowest BCUT2D eigenvalue weighted by Crippen LogP contribution is -2.51. The quantitative estimate of drug-likeness (QED) is 0.0309. The average molecular weight is 957 g/mol. The van der Waals surface area contributed by atoms with Crippen molar-refractivity contribution < 1.29 is 56.3 Å². The Balaban J connectivity index is 0.978. The van der Waals surface area contributed by atoms with E-state index in [1.54, 1.807) is 19.1 Å². The van der Waals surface area contributed by atoms with Crippen LogP contribution < -0.4 is 15.0 Å². The molecule has 15 heteroatoms. The number of amides is 1. The standard InChI is InChI=1S/C53H69N3O11S/c1-36-37(2)49-40(38(3)48(36)59)24-25-53(8,67-49)50(60)54-26-29-64-31-33-66-34-32-65-30-28-56-43-18-15-14-17-41(43)51(4,5)45(56)19-11-9-12-20-46-52(6,7)42-35-39(68(61,62)63)22-23-44(42)55(46)27-16-10-13-21-47(57)58/h9,11-12,14-15,17-20,22-23,35H,10,13,16,21,24-34H2,1-8H3,(H3-,54,57,58,59,60,61,62,63)/p+1. The Morgan fingerprint density at radius 1 is 0.838 bits per heavy atom. The first-order valence-corrected chi connectivity index (χ1v) is 25.1. The maximum atomic E-state index is 13.2. The van der Waals surface area contributed by atoms with Gasteiger partial charge in [-0.3, -0.25) is 14.1 Å². The Hall–Kier alpha value is -5.32. The molecular formula is C53H70N3O11S+. The fraction of sp³-hybridized carbons (Fsp3) is 0.491. The van der Waals surface area contributed by atoms with E-state index in [9.17, 15) is 27.7 Å². The van der Waals surface area contributed by atoms with Gasteiger partial charge in [0.1, 0.15) is 18.1 Å². The molecule has 0 saturated heterocycles. The number of unbranched alkanes of at least 4 members (excludes halogenated alkanes) is 2. The molecule has 0 fully saturated rings. The lowest BCUT2D eigenvalue weighted by molar-refractivity contribution is -0.442. The van der Waals surface area contributed by atoms with Gasteiger partial charge in [-0.1, -0.05) is 56.7 Å². The second-order valence-electron chi connectivity index (χ2n) is 19.1. The van der Waals surface area contributed by atoms with Crippen molar-refractivity contribution >= 4 is 39.1 Å².